The highest BCUT2D eigenvalue weighted by atomic mass is 32.1. The molecule has 0 unspecified atom stereocenters. The molecule has 2 aromatic rings. The first-order valence-corrected chi connectivity index (χ1v) is 10.7. The lowest BCUT2D eigenvalue weighted by molar-refractivity contribution is -0.132. The number of piperidine rings is 1. The number of hydrogen-bond donors (Lipinski definition) is 1. The molecule has 0 radical (unpaired) electrons. The monoisotopic (exact) mass is 403 g/mol. The molecule has 0 bridgehead atoms. The Morgan fingerprint density at radius 3 is 2.50 bits per heavy atom. The van der Waals surface area contributed by atoms with E-state index < -0.39 is 5.60 Å². The van der Waals surface area contributed by atoms with Gasteiger partial charge in [0, 0.05) is 31.5 Å². The number of nitrogens with one attached hydrogen (secondary N) is 1. The van der Waals surface area contributed by atoms with E-state index in [0.717, 1.165) is 18.4 Å². The maximum absolute atomic E-state index is 12.9. The molecule has 2 aromatic heterocycles. The molecule has 7 heteroatoms. The fourth-order valence-electron chi connectivity index (χ4n) is 3.46. The average Bonchev–Trinajstić information content (AvgIpc) is 3.32. The second-order valence-corrected chi connectivity index (χ2v) is 8.99. The van der Waals surface area contributed by atoms with Crippen molar-refractivity contribution in [2.45, 2.75) is 57.7 Å². The Kier molecular flexibility index (Phi) is 6.44. The zero-order valence-corrected chi connectivity index (χ0v) is 17.6. The number of likely N-dealkylation sites (tertiary alicyclic amines) is 1. The first-order valence-electron chi connectivity index (χ1n) is 9.73. The van der Waals surface area contributed by atoms with Gasteiger partial charge in [0.2, 0.25) is 5.91 Å². The summed E-state index contributed by atoms with van der Waals surface area (Å²) in [6.07, 6.45) is 5.56. The summed E-state index contributed by atoms with van der Waals surface area (Å²) in [6, 6.07) is 6.12. The Morgan fingerprint density at radius 2 is 1.93 bits per heavy atom. The molecule has 0 saturated carbocycles. The molecule has 28 heavy (non-hydrogen) atoms. The maximum atomic E-state index is 12.9. The molecular formula is C21H29N3O3S. The summed E-state index contributed by atoms with van der Waals surface area (Å²) in [7, 11) is 0. The van der Waals surface area contributed by atoms with Crippen LogP contribution in [0, 0.1) is 0 Å². The first-order chi connectivity index (χ1) is 13.3. The number of thiophene rings is 1. The minimum atomic E-state index is -0.504. The lowest BCUT2D eigenvalue weighted by Gasteiger charge is -2.33. The molecule has 1 N–H and O–H groups in total. The molecule has 1 saturated heterocycles. The predicted octanol–water partition coefficient (Wildman–Crippen LogP) is 4.04. The van der Waals surface area contributed by atoms with Crippen molar-refractivity contribution in [3.63, 3.8) is 0 Å². The molecule has 3 rings (SSSR count). The van der Waals surface area contributed by atoms with Crippen molar-refractivity contribution in [2.24, 2.45) is 0 Å². The molecule has 3 heterocycles. The van der Waals surface area contributed by atoms with E-state index in [9.17, 15) is 9.59 Å². The summed E-state index contributed by atoms with van der Waals surface area (Å²) >= 11 is 1.65. The molecular weight excluding hydrogens is 374 g/mol. The van der Waals surface area contributed by atoms with Gasteiger partial charge in [-0.2, -0.15) is 11.3 Å². The lowest BCUT2D eigenvalue weighted by Crippen LogP contribution is -2.47. The van der Waals surface area contributed by atoms with Crippen LogP contribution in [0.2, 0.25) is 0 Å². The van der Waals surface area contributed by atoms with Crippen molar-refractivity contribution in [3.05, 3.63) is 46.9 Å². The van der Waals surface area contributed by atoms with Crippen LogP contribution in [0.1, 0.15) is 51.6 Å². The molecule has 1 atom stereocenters. The van der Waals surface area contributed by atoms with Crippen LogP contribution in [-0.4, -0.2) is 46.2 Å². The summed E-state index contributed by atoms with van der Waals surface area (Å²) in [6.45, 7) is 6.86. The van der Waals surface area contributed by atoms with Gasteiger partial charge in [0.25, 0.3) is 0 Å². The van der Waals surface area contributed by atoms with E-state index in [1.165, 1.54) is 0 Å². The highest BCUT2D eigenvalue weighted by molar-refractivity contribution is 7.08. The third-order valence-corrected chi connectivity index (χ3v) is 5.55. The quantitative estimate of drug-likeness (QED) is 0.819. The average molecular weight is 404 g/mol. The van der Waals surface area contributed by atoms with Gasteiger partial charge < -0.3 is 19.5 Å². The fraction of sp³-hybridized carbons (Fsp3) is 0.524. The smallest absolute Gasteiger partial charge is 0.407 e. The van der Waals surface area contributed by atoms with Crippen molar-refractivity contribution in [1.82, 2.24) is 14.8 Å². The minimum absolute atomic E-state index is 0.0198. The number of ether oxygens (including phenoxy) is 1. The van der Waals surface area contributed by atoms with Gasteiger partial charge in [0.15, 0.2) is 0 Å². The molecule has 0 aromatic carbocycles. The summed E-state index contributed by atoms with van der Waals surface area (Å²) in [4.78, 5) is 26.8. The van der Waals surface area contributed by atoms with Gasteiger partial charge in [-0.15, -0.1) is 0 Å². The Balaban J connectivity index is 1.53. The van der Waals surface area contributed by atoms with Crippen molar-refractivity contribution in [2.75, 3.05) is 13.1 Å². The highest BCUT2D eigenvalue weighted by Crippen LogP contribution is 2.26. The third kappa shape index (κ3) is 5.61. The standard InChI is InChI=1S/C21H29N3O3S/c1-21(2,3)27-20(26)22-17-6-11-24(12-7-17)19(25)14-18(16-8-13-28-15-16)23-9-4-5-10-23/h4-5,8-10,13,15,17-18H,6-7,11-12,14H2,1-3H3,(H,22,26)/t18-/m1/s1. The first kappa shape index (κ1) is 20.5. The Hall–Kier alpha value is -2.28. The second-order valence-electron chi connectivity index (χ2n) is 8.21. The maximum Gasteiger partial charge on any atom is 0.407 e. The second kappa shape index (κ2) is 8.82. The molecule has 1 aliphatic rings. The number of amides is 2. The molecule has 1 aliphatic heterocycles. The van der Waals surface area contributed by atoms with E-state index in [0.29, 0.717) is 19.5 Å². The third-order valence-electron chi connectivity index (χ3n) is 4.85. The SMILES string of the molecule is CC(C)(C)OC(=O)NC1CCN(C(=O)C[C@H](c2ccsc2)n2cccc2)CC1. The van der Waals surface area contributed by atoms with E-state index in [1.807, 2.05) is 55.6 Å². The van der Waals surface area contributed by atoms with Crippen molar-refractivity contribution < 1.29 is 14.3 Å². The lowest BCUT2D eigenvalue weighted by atomic mass is 10.0. The predicted molar refractivity (Wildman–Crippen MR) is 110 cm³/mol. The van der Waals surface area contributed by atoms with Crippen LogP contribution >= 0.6 is 11.3 Å². The Morgan fingerprint density at radius 1 is 1.25 bits per heavy atom. The number of aromatic nitrogens is 1. The molecule has 6 nitrogen and oxygen atoms in total. The summed E-state index contributed by atoms with van der Waals surface area (Å²) in [5.74, 6) is 0.153. The van der Waals surface area contributed by atoms with Gasteiger partial charge in [0.05, 0.1) is 12.5 Å². The largest absolute Gasteiger partial charge is 0.444 e. The number of nitrogens with zero attached hydrogens (tertiary/aromatic N) is 2. The van der Waals surface area contributed by atoms with Gasteiger partial charge in [0.1, 0.15) is 5.60 Å². The Bertz CT molecular complexity index is 723. The zero-order chi connectivity index (χ0) is 20.1. The van der Waals surface area contributed by atoms with Crippen molar-refractivity contribution in [1.29, 1.82) is 0 Å². The number of hydrogen-bond acceptors (Lipinski definition) is 4. The van der Waals surface area contributed by atoms with Crippen LogP contribution in [0.25, 0.3) is 0 Å². The van der Waals surface area contributed by atoms with Crippen molar-refractivity contribution >= 4 is 23.3 Å². The number of carbonyl (C=O) groups is 2. The van der Waals surface area contributed by atoms with Crippen LogP contribution in [-0.2, 0) is 9.53 Å². The molecule has 152 valence electrons. The summed E-state index contributed by atoms with van der Waals surface area (Å²) in [5, 5.41) is 7.07. The fourth-order valence-corrected chi connectivity index (χ4v) is 4.16. The molecule has 1 fully saturated rings. The van der Waals surface area contributed by atoms with E-state index >= 15 is 0 Å². The number of rotatable bonds is 5. The van der Waals surface area contributed by atoms with Crippen LogP contribution in [0.4, 0.5) is 4.79 Å². The topological polar surface area (TPSA) is 63.6 Å². The van der Waals surface area contributed by atoms with E-state index in [4.69, 9.17) is 4.74 Å². The number of carbonyl (C=O) groups excluding carboxylic acids is 2. The van der Waals surface area contributed by atoms with E-state index in [1.54, 1.807) is 11.3 Å². The zero-order valence-electron chi connectivity index (χ0n) is 16.8. The van der Waals surface area contributed by atoms with Gasteiger partial charge >= 0.3 is 6.09 Å². The summed E-state index contributed by atoms with van der Waals surface area (Å²) in [5.41, 5.74) is 0.659. The van der Waals surface area contributed by atoms with Crippen molar-refractivity contribution in [3.8, 4) is 0 Å². The van der Waals surface area contributed by atoms with Crippen LogP contribution in [0.5, 0.6) is 0 Å². The van der Waals surface area contributed by atoms with Gasteiger partial charge in [-0.25, -0.2) is 4.79 Å². The Labute approximate surface area is 170 Å². The molecule has 2 amide bonds. The molecule has 0 spiro atoms. The van der Waals surface area contributed by atoms with E-state index in [2.05, 4.69) is 21.3 Å². The van der Waals surface area contributed by atoms with E-state index in [-0.39, 0.29) is 24.1 Å². The van der Waals surface area contributed by atoms with Gasteiger partial charge in [-0.05, 0) is 68.1 Å². The van der Waals surface area contributed by atoms with Gasteiger partial charge in [-0.3, -0.25) is 4.79 Å². The minimum Gasteiger partial charge on any atom is -0.444 e. The molecule has 0 aliphatic carbocycles. The van der Waals surface area contributed by atoms with Gasteiger partial charge in [-0.1, -0.05) is 0 Å². The summed E-state index contributed by atoms with van der Waals surface area (Å²) < 4.78 is 7.41. The van der Waals surface area contributed by atoms with Crippen LogP contribution in [0.15, 0.2) is 41.4 Å². The highest BCUT2D eigenvalue weighted by Gasteiger charge is 2.27. The van der Waals surface area contributed by atoms with Crippen LogP contribution < -0.4 is 5.32 Å². The number of alkyl carbamates (subject to hydrolysis) is 1. The van der Waals surface area contributed by atoms with Crippen LogP contribution in [0.3, 0.4) is 0 Å². The normalized spacial score (nSPS) is 16.6.